The standard InChI is InChI=1S/C24H21Cl2N3O3S/c1-14-6-16(22-10-24(3,32-28-22)17-7-18(25)9-19(26)8-17)4-5-21(14)23(31)29(15(2)30)11-20-12-33-13-27-20/h4-9,12-13H,10-11H2,1-3H3. The Balaban J connectivity index is 1.55. The van der Waals surface area contributed by atoms with Crippen molar-refractivity contribution in [1.82, 2.24) is 9.88 Å². The van der Waals surface area contributed by atoms with E-state index in [1.54, 1.807) is 17.6 Å². The number of hydrogen-bond acceptors (Lipinski definition) is 6. The summed E-state index contributed by atoms with van der Waals surface area (Å²) in [4.78, 5) is 36.4. The topological polar surface area (TPSA) is 71.9 Å². The van der Waals surface area contributed by atoms with Crippen LogP contribution in [0.3, 0.4) is 0 Å². The summed E-state index contributed by atoms with van der Waals surface area (Å²) in [6.07, 6.45) is 0.514. The average Bonchev–Trinajstić information content (AvgIpc) is 3.41. The van der Waals surface area contributed by atoms with Crippen molar-refractivity contribution >= 4 is 52.1 Å². The molecule has 2 amide bonds. The van der Waals surface area contributed by atoms with Crippen molar-refractivity contribution < 1.29 is 14.4 Å². The monoisotopic (exact) mass is 501 g/mol. The number of rotatable bonds is 5. The van der Waals surface area contributed by atoms with Crippen LogP contribution in [0.25, 0.3) is 0 Å². The second-order valence-corrected chi connectivity index (χ2v) is 9.71. The van der Waals surface area contributed by atoms with Gasteiger partial charge in [-0.3, -0.25) is 14.5 Å². The summed E-state index contributed by atoms with van der Waals surface area (Å²) in [7, 11) is 0. The van der Waals surface area contributed by atoms with Gasteiger partial charge in [0.1, 0.15) is 0 Å². The Labute approximate surface area is 205 Å². The first-order valence-corrected chi connectivity index (χ1v) is 11.9. The van der Waals surface area contributed by atoms with Crippen molar-refractivity contribution in [2.24, 2.45) is 5.16 Å². The van der Waals surface area contributed by atoms with Crippen LogP contribution in [0.2, 0.25) is 10.0 Å². The zero-order valence-electron chi connectivity index (χ0n) is 18.3. The van der Waals surface area contributed by atoms with Gasteiger partial charge in [-0.25, -0.2) is 4.98 Å². The number of halogens is 2. The molecule has 0 saturated heterocycles. The van der Waals surface area contributed by atoms with E-state index in [4.69, 9.17) is 28.0 Å². The summed E-state index contributed by atoms with van der Waals surface area (Å²) in [5.74, 6) is -0.691. The van der Waals surface area contributed by atoms with Crippen LogP contribution in [-0.4, -0.2) is 27.4 Å². The molecular formula is C24H21Cl2N3O3S. The molecule has 1 atom stereocenters. The fourth-order valence-electron chi connectivity index (χ4n) is 3.74. The van der Waals surface area contributed by atoms with Crippen LogP contribution in [0.1, 0.15) is 53.0 Å². The van der Waals surface area contributed by atoms with Gasteiger partial charge in [-0.15, -0.1) is 11.3 Å². The van der Waals surface area contributed by atoms with E-state index < -0.39 is 5.60 Å². The number of oxime groups is 1. The van der Waals surface area contributed by atoms with E-state index in [1.807, 2.05) is 43.5 Å². The minimum Gasteiger partial charge on any atom is -0.384 e. The molecule has 0 N–H and O–H groups in total. The number of aromatic nitrogens is 1. The number of carbonyl (C=O) groups excluding carboxylic acids is 2. The van der Waals surface area contributed by atoms with E-state index in [1.165, 1.54) is 23.2 Å². The van der Waals surface area contributed by atoms with Gasteiger partial charge in [0.2, 0.25) is 5.91 Å². The first-order valence-electron chi connectivity index (χ1n) is 10.2. The second-order valence-electron chi connectivity index (χ2n) is 8.11. The fraction of sp³-hybridized carbons (Fsp3) is 0.250. The number of nitrogens with zero attached hydrogens (tertiary/aromatic N) is 3. The maximum Gasteiger partial charge on any atom is 0.261 e. The van der Waals surface area contributed by atoms with Crippen molar-refractivity contribution in [2.45, 2.75) is 39.3 Å². The Bertz CT molecular complexity index is 1240. The maximum atomic E-state index is 13.1. The first kappa shape index (κ1) is 23.4. The first-order chi connectivity index (χ1) is 15.7. The summed E-state index contributed by atoms with van der Waals surface area (Å²) in [5.41, 5.74) is 5.27. The fourth-order valence-corrected chi connectivity index (χ4v) is 4.82. The Morgan fingerprint density at radius 2 is 1.91 bits per heavy atom. The summed E-state index contributed by atoms with van der Waals surface area (Å²) >= 11 is 13.7. The minimum absolute atomic E-state index is 0.139. The lowest BCUT2D eigenvalue weighted by Gasteiger charge is -2.22. The van der Waals surface area contributed by atoms with Gasteiger partial charge in [0, 0.05) is 39.9 Å². The van der Waals surface area contributed by atoms with Crippen molar-refractivity contribution in [1.29, 1.82) is 0 Å². The van der Waals surface area contributed by atoms with Crippen LogP contribution in [-0.2, 0) is 21.8 Å². The van der Waals surface area contributed by atoms with Gasteiger partial charge in [0.05, 0.1) is 23.5 Å². The molecule has 4 rings (SSSR count). The molecule has 0 bridgehead atoms. The molecule has 0 radical (unpaired) electrons. The molecule has 33 heavy (non-hydrogen) atoms. The summed E-state index contributed by atoms with van der Waals surface area (Å²) in [5, 5.41) is 7.18. The van der Waals surface area contributed by atoms with Gasteiger partial charge >= 0.3 is 0 Å². The van der Waals surface area contributed by atoms with E-state index in [0.29, 0.717) is 27.7 Å². The molecule has 0 fully saturated rings. The summed E-state index contributed by atoms with van der Waals surface area (Å²) in [6.45, 7) is 5.28. The third-order valence-electron chi connectivity index (χ3n) is 5.55. The number of hydrogen-bond donors (Lipinski definition) is 0. The molecule has 1 aliphatic heterocycles. The lowest BCUT2D eigenvalue weighted by atomic mass is 9.88. The van der Waals surface area contributed by atoms with Crippen LogP contribution >= 0.6 is 34.5 Å². The highest BCUT2D eigenvalue weighted by atomic mass is 35.5. The van der Waals surface area contributed by atoms with E-state index in [9.17, 15) is 9.59 Å². The van der Waals surface area contributed by atoms with Crippen LogP contribution in [0, 0.1) is 6.92 Å². The van der Waals surface area contributed by atoms with Crippen LogP contribution in [0.15, 0.2) is 52.4 Å². The molecule has 2 aromatic carbocycles. The second kappa shape index (κ2) is 9.25. The number of benzene rings is 2. The highest BCUT2D eigenvalue weighted by Gasteiger charge is 2.37. The number of thiazole rings is 1. The molecule has 2 heterocycles. The largest absolute Gasteiger partial charge is 0.384 e. The van der Waals surface area contributed by atoms with Crippen molar-refractivity contribution in [3.8, 4) is 0 Å². The third kappa shape index (κ3) is 4.95. The molecular weight excluding hydrogens is 481 g/mol. The number of amides is 2. The highest BCUT2D eigenvalue weighted by Crippen LogP contribution is 2.38. The van der Waals surface area contributed by atoms with Gasteiger partial charge < -0.3 is 4.84 Å². The Hall–Kier alpha value is -2.74. The molecule has 170 valence electrons. The normalized spacial score (nSPS) is 17.4. The van der Waals surface area contributed by atoms with Gasteiger partial charge in [0.15, 0.2) is 5.60 Å². The molecule has 9 heteroatoms. The van der Waals surface area contributed by atoms with Gasteiger partial charge in [0.25, 0.3) is 5.91 Å². The number of imide groups is 1. The zero-order valence-corrected chi connectivity index (χ0v) is 20.6. The van der Waals surface area contributed by atoms with Gasteiger partial charge in [-0.2, -0.15) is 0 Å². The zero-order chi connectivity index (χ0) is 23.8. The van der Waals surface area contributed by atoms with Crippen molar-refractivity contribution in [2.75, 3.05) is 0 Å². The molecule has 1 aromatic heterocycles. The lowest BCUT2D eigenvalue weighted by molar-refractivity contribution is -0.126. The van der Waals surface area contributed by atoms with Gasteiger partial charge in [-0.05, 0) is 55.3 Å². The van der Waals surface area contributed by atoms with Crippen LogP contribution < -0.4 is 0 Å². The molecule has 3 aromatic rings. The van der Waals surface area contributed by atoms with E-state index in [0.717, 1.165) is 22.4 Å². The molecule has 1 aliphatic rings. The van der Waals surface area contributed by atoms with E-state index >= 15 is 0 Å². The lowest BCUT2D eigenvalue weighted by Crippen LogP contribution is -2.35. The summed E-state index contributed by atoms with van der Waals surface area (Å²) in [6, 6.07) is 10.7. The molecule has 0 aliphatic carbocycles. The summed E-state index contributed by atoms with van der Waals surface area (Å²) < 4.78 is 0. The minimum atomic E-state index is -0.703. The predicted octanol–water partition coefficient (Wildman–Crippen LogP) is 5.99. The SMILES string of the molecule is CC(=O)N(Cc1cscn1)C(=O)c1ccc(C2=NOC(C)(c3cc(Cl)cc(Cl)c3)C2)cc1C. The molecule has 0 spiro atoms. The van der Waals surface area contributed by atoms with Gasteiger partial charge in [-0.1, -0.05) is 34.4 Å². The average molecular weight is 502 g/mol. The Kier molecular flexibility index (Phi) is 6.56. The number of carbonyl (C=O) groups is 2. The molecule has 0 saturated carbocycles. The maximum absolute atomic E-state index is 13.1. The van der Waals surface area contributed by atoms with E-state index in [2.05, 4.69) is 10.1 Å². The van der Waals surface area contributed by atoms with Crippen LogP contribution in [0.5, 0.6) is 0 Å². The molecule has 6 nitrogen and oxygen atoms in total. The van der Waals surface area contributed by atoms with Crippen LogP contribution in [0.4, 0.5) is 0 Å². The number of aryl methyl sites for hydroxylation is 1. The quantitative estimate of drug-likeness (QED) is 0.430. The third-order valence-corrected chi connectivity index (χ3v) is 6.63. The Morgan fingerprint density at radius 1 is 1.18 bits per heavy atom. The predicted molar refractivity (Wildman–Crippen MR) is 130 cm³/mol. The highest BCUT2D eigenvalue weighted by molar-refractivity contribution is 7.07. The van der Waals surface area contributed by atoms with Crippen molar-refractivity contribution in [3.63, 3.8) is 0 Å². The Morgan fingerprint density at radius 3 is 2.52 bits per heavy atom. The molecule has 1 unspecified atom stereocenters. The smallest absolute Gasteiger partial charge is 0.261 e. The van der Waals surface area contributed by atoms with E-state index in [-0.39, 0.29) is 18.4 Å². The van der Waals surface area contributed by atoms with Crippen molar-refractivity contribution in [3.05, 3.63) is 85.3 Å².